The molecule has 0 aliphatic carbocycles. The Morgan fingerprint density at radius 2 is 1.54 bits per heavy atom. The third-order valence-corrected chi connectivity index (χ3v) is 4.57. The van der Waals surface area contributed by atoms with Crippen molar-refractivity contribution in [2.75, 3.05) is 40.8 Å². The van der Waals surface area contributed by atoms with E-state index in [4.69, 9.17) is 18.9 Å². The predicted octanol–water partition coefficient (Wildman–Crippen LogP) is 3.18. The second-order valence-corrected chi connectivity index (χ2v) is 6.36. The number of anilines is 1. The standard InChI is InChI=1S/C21H28N2O5/c1-14(21(24)22-16-9-18(26-4)11-19(10-16)27-5)23(2)13-15-7-8-17(25-3)12-20(15)28-6/h7-12,14H,13H2,1-6H3,(H,22,24)/t14-/m0/s1. The van der Waals surface area contributed by atoms with Crippen LogP contribution in [0.3, 0.4) is 0 Å². The minimum atomic E-state index is -0.371. The molecule has 0 aliphatic rings. The summed E-state index contributed by atoms with van der Waals surface area (Å²) >= 11 is 0. The van der Waals surface area contributed by atoms with Gasteiger partial charge in [-0.25, -0.2) is 0 Å². The molecule has 7 heteroatoms. The Balaban J connectivity index is 2.09. The van der Waals surface area contributed by atoms with E-state index < -0.39 is 0 Å². The maximum absolute atomic E-state index is 12.7. The summed E-state index contributed by atoms with van der Waals surface area (Å²) in [7, 11) is 8.25. The molecular formula is C21H28N2O5. The van der Waals surface area contributed by atoms with Gasteiger partial charge >= 0.3 is 0 Å². The number of likely N-dealkylation sites (N-methyl/N-ethyl adjacent to an activating group) is 1. The van der Waals surface area contributed by atoms with Crippen LogP contribution in [0.25, 0.3) is 0 Å². The lowest BCUT2D eigenvalue weighted by molar-refractivity contribution is -0.120. The summed E-state index contributed by atoms with van der Waals surface area (Å²) in [6.07, 6.45) is 0. The van der Waals surface area contributed by atoms with Crippen LogP contribution in [0.4, 0.5) is 5.69 Å². The predicted molar refractivity (Wildman–Crippen MR) is 109 cm³/mol. The zero-order valence-electron chi connectivity index (χ0n) is 17.2. The molecule has 1 amide bonds. The largest absolute Gasteiger partial charge is 0.497 e. The molecule has 0 unspecified atom stereocenters. The molecule has 0 saturated heterocycles. The molecular weight excluding hydrogens is 360 g/mol. The van der Waals surface area contributed by atoms with Crippen LogP contribution >= 0.6 is 0 Å². The third-order valence-electron chi connectivity index (χ3n) is 4.57. The number of amides is 1. The van der Waals surface area contributed by atoms with Crippen LogP contribution in [0, 0.1) is 0 Å². The zero-order chi connectivity index (χ0) is 20.7. The lowest BCUT2D eigenvalue weighted by Crippen LogP contribution is -2.39. The van der Waals surface area contributed by atoms with Crippen LogP contribution < -0.4 is 24.3 Å². The lowest BCUT2D eigenvalue weighted by Gasteiger charge is -2.25. The van der Waals surface area contributed by atoms with Gasteiger partial charge in [0.25, 0.3) is 0 Å². The van der Waals surface area contributed by atoms with Gasteiger partial charge in [-0.1, -0.05) is 6.07 Å². The van der Waals surface area contributed by atoms with E-state index in [-0.39, 0.29) is 11.9 Å². The number of benzene rings is 2. The zero-order valence-corrected chi connectivity index (χ0v) is 17.2. The van der Waals surface area contributed by atoms with Crippen molar-refractivity contribution < 1.29 is 23.7 Å². The van der Waals surface area contributed by atoms with Crippen molar-refractivity contribution in [1.82, 2.24) is 4.90 Å². The Kier molecular flexibility index (Phi) is 7.52. The van der Waals surface area contributed by atoms with Gasteiger partial charge in [0.05, 0.1) is 34.5 Å². The van der Waals surface area contributed by atoms with Crippen molar-refractivity contribution in [3.05, 3.63) is 42.0 Å². The first-order chi connectivity index (χ1) is 13.4. The molecule has 0 aromatic heterocycles. The molecule has 2 rings (SSSR count). The smallest absolute Gasteiger partial charge is 0.241 e. The summed E-state index contributed by atoms with van der Waals surface area (Å²) in [6, 6.07) is 10.5. The summed E-state index contributed by atoms with van der Waals surface area (Å²) in [5, 5.41) is 2.91. The highest BCUT2D eigenvalue weighted by Crippen LogP contribution is 2.27. The average molecular weight is 388 g/mol. The van der Waals surface area contributed by atoms with Crippen LogP contribution in [0.2, 0.25) is 0 Å². The molecule has 0 aliphatic heterocycles. The molecule has 0 saturated carbocycles. The summed E-state index contributed by atoms with van der Waals surface area (Å²) in [5.41, 5.74) is 1.58. The molecule has 1 atom stereocenters. The third kappa shape index (κ3) is 5.29. The van der Waals surface area contributed by atoms with Crippen molar-refractivity contribution in [3.63, 3.8) is 0 Å². The molecule has 0 fully saturated rings. The summed E-state index contributed by atoms with van der Waals surface area (Å²) in [4.78, 5) is 14.7. The second-order valence-electron chi connectivity index (χ2n) is 6.36. The number of methoxy groups -OCH3 is 4. The highest BCUT2D eigenvalue weighted by atomic mass is 16.5. The fraction of sp³-hybridized carbons (Fsp3) is 0.381. The maximum Gasteiger partial charge on any atom is 0.241 e. The Morgan fingerprint density at radius 3 is 2.07 bits per heavy atom. The van der Waals surface area contributed by atoms with Gasteiger partial charge in [-0.3, -0.25) is 9.69 Å². The fourth-order valence-electron chi connectivity index (χ4n) is 2.71. The molecule has 7 nitrogen and oxygen atoms in total. The first-order valence-corrected chi connectivity index (χ1v) is 8.86. The minimum Gasteiger partial charge on any atom is -0.497 e. The monoisotopic (exact) mass is 388 g/mol. The lowest BCUT2D eigenvalue weighted by atomic mass is 10.1. The molecule has 1 N–H and O–H groups in total. The van der Waals surface area contributed by atoms with Crippen LogP contribution in [-0.2, 0) is 11.3 Å². The van der Waals surface area contributed by atoms with Gasteiger partial charge in [-0.2, -0.15) is 0 Å². The van der Waals surface area contributed by atoms with Crippen molar-refractivity contribution in [3.8, 4) is 23.0 Å². The molecule has 28 heavy (non-hydrogen) atoms. The minimum absolute atomic E-state index is 0.134. The topological polar surface area (TPSA) is 69.3 Å². The van der Waals surface area contributed by atoms with E-state index in [2.05, 4.69) is 5.32 Å². The van der Waals surface area contributed by atoms with Crippen molar-refractivity contribution in [2.24, 2.45) is 0 Å². The van der Waals surface area contributed by atoms with Gasteiger partial charge < -0.3 is 24.3 Å². The first kappa shape index (κ1) is 21.4. The molecule has 2 aromatic rings. The van der Waals surface area contributed by atoms with Crippen LogP contribution in [0.1, 0.15) is 12.5 Å². The number of ether oxygens (including phenoxy) is 4. The average Bonchev–Trinajstić information content (AvgIpc) is 2.72. The number of nitrogens with zero attached hydrogens (tertiary/aromatic N) is 1. The second kappa shape index (κ2) is 9.85. The SMILES string of the molecule is COc1cc(NC(=O)[C@H](C)N(C)Cc2ccc(OC)cc2OC)cc(OC)c1. The number of rotatable bonds is 9. The van der Waals surface area contributed by atoms with Gasteiger partial charge in [0.1, 0.15) is 23.0 Å². The van der Waals surface area contributed by atoms with Crippen molar-refractivity contribution in [2.45, 2.75) is 19.5 Å². The Labute approximate surface area is 166 Å². The van der Waals surface area contributed by atoms with Gasteiger partial charge in [0, 0.05) is 42.1 Å². The quantitative estimate of drug-likeness (QED) is 0.712. The van der Waals surface area contributed by atoms with Crippen molar-refractivity contribution >= 4 is 11.6 Å². The molecule has 0 radical (unpaired) electrons. The number of nitrogens with one attached hydrogen (secondary N) is 1. The highest BCUT2D eigenvalue weighted by molar-refractivity contribution is 5.94. The molecule has 2 aromatic carbocycles. The summed E-state index contributed by atoms with van der Waals surface area (Å²) < 4.78 is 21.2. The molecule has 0 spiro atoms. The van der Waals surface area contributed by atoms with Gasteiger partial charge in [0.15, 0.2) is 0 Å². The van der Waals surface area contributed by atoms with E-state index in [0.29, 0.717) is 23.7 Å². The molecule has 152 valence electrons. The van der Waals surface area contributed by atoms with E-state index in [1.165, 1.54) is 0 Å². The van der Waals surface area contributed by atoms with E-state index in [0.717, 1.165) is 17.1 Å². The number of hydrogen-bond acceptors (Lipinski definition) is 6. The number of carbonyl (C=O) groups is 1. The number of carbonyl (C=O) groups excluding carboxylic acids is 1. The first-order valence-electron chi connectivity index (χ1n) is 8.86. The van der Waals surface area contributed by atoms with E-state index in [1.807, 2.05) is 37.1 Å². The summed E-state index contributed by atoms with van der Waals surface area (Å²) in [6.45, 7) is 2.39. The van der Waals surface area contributed by atoms with E-state index >= 15 is 0 Å². The molecule has 0 bridgehead atoms. The molecule has 0 heterocycles. The Bertz CT molecular complexity index is 787. The van der Waals surface area contributed by atoms with Crippen LogP contribution in [0.15, 0.2) is 36.4 Å². The fourth-order valence-corrected chi connectivity index (χ4v) is 2.71. The van der Waals surface area contributed by atoms with Gasteiger partial charge in [0.2, 0.25) is 5.91 Å². The normalized spacial score (nSPS) is 11.7. The summed E-state index contributed by atoms with van der Waals surface area (Å²) in [5.74, 6) is 2.53. The van der Waals surface area contributed by atoms with Crippen LogP contribution in [-0.4, -0.2) is 52.3 Å². The van der Waals surface area contributed by atoms with Gasteiger partial charge in [-0.05, 0) is 20.0 Å². The van der Waals surface area contributed by atoms with E-state index in [9.17, 15) is 4.79 Å². The van der Waals surface area contributed by atoms with Crippen molar-refractivity contribution in [1.29, 1.82) is 0 Å². The maximum atomic E-state index is 12.7. The van der Waals surface area contributed by atoms with Crippen LogP contribution in [0.5, 0.6) is 23.0 Å². The van der Waals surface area contributed by atoms with Gasteiger partial charge in [-0.15, -0.1) is 0 Å². The Morgan fingerprint density at radius 1 is 0.929 bits per heavy atom. The Hall–Kier alpha value is -2.93. The van der Waals surface area contributed by atoms with E-state index in [1.54, 1.807) is 46.6 Å². The number of hydrogen-bond donors (Lipinski definition) is 1. The highest BCUT2D eigenvalue weighted by Gasteiger charge is 2.20.